The first-order valence-electron chi connectivity index (χ1n) is 3.15. The fourth-order valence-electron chi connectivity index (χ4n) is 0.402. The SMILES string of the molecule is C=CNCC(C)=C(C)C. The Morgan fingerprint density at radius 1 is 1.44 bits per heavy atom. The van der Waals surface area contributed by atoms with Gasteiger partial charge < -0.3 is 5.32 Å². The smallest absolute Gasteiger partial charge is 0.0354 e. The second-order valence-electron chi connectivity index (χ2n) is 2.37. The Hall–Kier alpha value is -0.720. The van der Waals surface area contributed by atoms with E-state index in [0.717, 1.165) is 6.54 Å². The zero-order valence-corrected chi connectivity index (χ0v) is 6.49. The van der Waals surface area contributed by atoms with Crippen molar-refractivity contribution in [3.8, 4) is 0 Å². The van der Waals surface area contributed by atoms with Crippen molar-refractivity contribution in [2.75, 3.05) is 6.54 Å². The molecule has 0 saturated carbocycles. The second-order valence-corrected chi connectivity index (χ2v) is 2.37. The third-order valence-corrected chi connectivity index (χ3v) is 1.37. The van der Waals surface area contributed by atoms with Crippen molar-refractivity contribution in [3.05, 3.63) is 23.9 Å². The van der Waals surface area contributed by atoms with Gasteiger partial charge in [0.25, 0.3) is 0 Å². The lowest BCUT2D eigenvalue weighted by atomic mass is 10.2. The number of rotatable bonds is 3. The van der Waals surface area contributed by atoms with Crippen LogP contribution in [0.1, 0.15) is 20.8 Å². The third-order valence-electron chi connectivity index (χ3n) is 1.37. The van der Waals surface area contributed by atoms with E-state index >= 15 is 0 Å². The van der Waals surface area contributed by atoms with Crippen LogP contribution >= 0.6 is 0 Å². The maximum Gasteiger partial charge on any atom is 0.0354 e. The molecule has 0 aliphatic heterocycles. The summed E-state index contributed by atoms with van der Waals surface area (Å²) in [6.45, 7) is 10.8. The number of hydrogen-bond acceptors (Lipinski definition) is 1. The molecule has 0 aromatic heterocycles. The maximum atomic E-state index is 3.56. The summed E-state index contributed by atoms with van der Waals surface area (Å²) in [7, 11) is 0. The molecule has 1 nitrogen and oxygen atoms in total. The van der Waals surface area contributed by atoms with Crippen LogP contribution < -0.4 is 5.32 Å². The Kier molecular flexibility index (Phi) is 3.85. The van der Waals surface area contributed by atoms with Crippen molar-refractivity contribution in [3.63, 3.8) is 0 Å². The molecular formula is C8H15N. The first-order valence-corrected chi connectivity index (χ1v) is 3.15. The highest BCUT2D eigenvalue weighted by Crippen LogP contribution is 1.98. The van der Waals surface area contributed by atoms with Gasteiger partial charge in [-0.05, 0) is 27.0 Å². The summed E-state index contributed by atoms with van der Waals surface area (Å²) in [4.78, 5) is 0. The molecule has 0 aromatic rings. The zero-order valence-electron chi connectivity index (χ0n) is 6.49. The standard InChI is InChI=1S/C8H15N/c1-5-9-6-8(4)7(2)3/h5,9H,1,6H2,2-4H3. The molecule has 0 radical (unpaired) electrons. The molecule has 1 heteroatoms. The molecule has 0 aromatic carbocycles. The normalized spacial score (nSPS) is 8.33. The monoisotopic (exact) mass is 125 g/mol. The molecule has 1 N–H and O–H groups in total. The van der Waals surface area contributed by atoms with Crippen LogP contribution in [0.5, 0.6) is 0 Å². The number of allylic oxidation sites excluding steroid dienone is 1. The van der Waals surface area contributed by atoms with Gasteiger partial charge in [-0.2, -0.15) is 0 Å². The van der Waals surface area contributed by atoms with E-state index in [4.69, 9.17) is 0 Å². The Morgan fingerprint density at radius 2 is 2.00 bits per heavy atom. The summed E-state index contributed by atoms with van der Waals surface area (Å²) in [6, 6.07) is 0. The van der Waals surface area contributed by atoms with Gasteiger partial charge in [-0.1, -0.05) is 17.7 Å². The first-order chi connectivity index (χ1) is 4.18. The van der Waals surface area contributed by atoms with Gasteiger partial charge >= 0.3 is 0 Å². The molecule has 0 saturated heterocycles. The molecule has 0 aliphatic rings. The lowest BCUT2D eigenvalue weighted by Gasteiger charge is -2.01. The van der Waals surface area contributed by atoms with Gasteiger partial charge in [-0.15, -0.1) is 0 Å². The Morgan fingerprint density at radius 3 is 2.33 bits per heavy atom. The van der Waals surface area contributed by atoms with E-state index in [2.05, 4.69) is 32.7 Å². The van der Waals surface area contributed by atoms with Gasteiger partial charge in [-0.25, -0.2) is 0 Å². The summed E-state index contributed by atoms with van der Waals surface area (Å²) in [5, 5.41) is 3.04. The molecule has 0 aliphatic carbocycles. The lowest BCUT2D eigenvalue weighted by Crippen LogP contribution is -2.07. The van der Waals surface area contributed by atoms with Gasteiger partial charge in [0, 0.05) is 6.54 Å². The van der Waals surface area contributed by atoms with Crippen molar-refractivity contribution in [2.24, 2.45) is 0 Å². The molecular weight excluding hydrogens is 110 g/mol. The van der Waals surface area contributed by atoms with Crippen LogP contribution in [0.15, 0.2) is 23.9 Å². The summed E-state index contributed by atoms with van der Waals surface area (Å²) >= 11 is 0. The average molecular weight is 125 g/mol. The Bertz CT molecular complexity index is 119. The molecule has 0 bridgehead atoms. The summed E-state index contributed by atoms with van der Waals surface area (Å²) in [5.74, 6) is 0. The van der Waals surface area contributed by atoms with Crippen LogP contribution in [0.3, 0.4) is 0 Å². The maximum absolute atomic E-state index is 3.56. The highest BCUT2D eigenvalue weighted by molar-refractivity contribution is 5.08. The van der Waals surface area contributed by atoms with E-state index in [0.29, 0.717) is 0 Å². The van der Waals surface area contributed by atoms with Crippen molar-refractivity contribution in [1.82, 2.24) is 5.32 Å². The van der Waals surface area contributed by atoms with Gasteiger partial charge in [0.05, 0.1) is 0 Å². The highest BCUT2D eigenvalue weighted by Gasteiger charge is 1.86. The zero-order chi connectivity index (χ0) is 7.28. The van der Waals surface area contributed by atoms with Crippen molar-refractivity contribution in [1.29, 1.82) is 0 Å². The molecule has 0 unspecified atom stereocenters. The van der Waals surface area contributed by atoms with Crippen LogP contribution in [0.2, 0.25) is 0 Å². The predicted octanol–water partition coefficient (Wildman–Crippen LogP) is 2.08. The summed E-state index contributed by atoms with van der Waals surface area (Å²) < 4.78 is 0. The summed E-state index contributed by atoms with van der Waals surface area (Å²) in [6.07, 6.45) is 1.71. The highest BCUT2D eigenvalue weighted by atomic mass is 14.8. The largest absolute Gasteiger partial charge is 0.388 e. The van der Waals surface area contributed by atoms with E-state index < -0.39 is 0 Å². The molecule has 0 atom stereocenters. The van der Waals surface area contributed by atoms with E-state index in [1.807, 2.05) is 0 Å². The Labute approximate surface area is 57.5 Å². The van der Waals surface area contributed by atoms with Crippen LogP contribution in [0.25, 0.3) is 0 Å². The predicted molar refractivity (Wildman–Crippen MR) is 42.2 cm³/mol. The lowest BCUT2D eigenvalue weighted by molar-refractivity contribution is 0.923. The number of nitrogens with one attached hydrogen (secondary N) is 1. The fourth-order valence-corrected chi connectivity index (χ4v) is 0.402. The molecule has 0 rings (SSSR count). The van der Waals surface area contributed by atoms with Crippen LogP contribution in [0, 0.1) is 0 Å². The number of hydrogen-bond donors (Lipinski definition) is 1. The second kappa shape index (κ2) is 4.19. The van der Waals surface area contributed by atoms with E-state index in [1.54, 1.807) is 6.20 Å². The van der Waals surface area contributed by atoms with Crippen molar-refractivity contribution >= 4 is 0 Å². The molecule has 0 fully saturated rings. The van der Waals surface area contributed by atoms with Crippen molar-refractivity contribution in [2.45, 2.75) is 20.8 Å². The molecule has 52 valence electrons. The molecule has 9 heavy (non-hydrogen) atoms. The minimum atomic E-state index is 0.922. The molecule has 0 amide bonds. The Balaban J connectivity index is 3.62. The van der Waals surface area contributed by atoms with Crippen LogP contribution in [-0.4, -0.2) is 6.54 Å². The minimum Gasteiger partial charge on any atom is -0.388 e. The molecule has 0 spiro atoms. The van der Waals surface area contributed by atoms with E-state index in [9.17, 15) is 0 Å². The topological polar surface area (TPSA) is 12.0 Å². The van der Waals surface area contributed by atoms with E-state index in [1.165, 1.54) is 11.1 Å². The van der Waals surface area contributed by atoms with Crippen molar-refractivity contribution < 1.29 is 0 Å². The first kappa shape index (κ1) is 8.28. The quantitative estimate of drug-likeness (QED) is 0.569. The van der Waals surface area contributed by atoms with Gasteiger partial charge in [0.2, 0.25) is 0 Å². The minimum absolute atomic E-state index is 0.922. The fraction of sp³-hybridized carbons (Fsp3) is 0.500. The third kappa shape index (κ3) is 3.83. The van der Waals surface area contributed by atoms with Crippen LogP contribution in [0.4, 0.5) is 0 Å². The van der Waals surface area contributed by atoms with Gasteiger partial charge in [0.15, 0.2) is 0 Å². The van der Waals surface area contributed by atoms with Gasteiger partial charge in [0.1, 0.15) is 0 Å². The van der Waals surface area contributed by atoms with Gasteiger partial charge in [-0.3, -0.25) is 0 Å². The average Bonchev–Trinajstić information content (AvgIpc) is 1.82. The van der Waals surface area contributed by atoms with E-state index in [-0.39, 0.29) is 0 Å². The summed E-state index contributed by atoms with van der Waals surface area (Å²) in [5.41, 5.74) is 2.76. The molecule has 0 heterocycles. The van der Waals surface area contributed by atoms with Crippen LogP contribution in [-0.2, 0) is 0 Å².